The third-order valence-corrected chi connectivity index (χ3v) is 4.73. The van der Waals surface area contributed by atoms with E-state index in [4.69, 9.17) is 4.74 Å². The third-order valence-electron chi connectivity index (χ3n) is 4.73. The van der Waals surface area contributed by atoms with E-state index in [1.807, 2.05) is 4.90 Å². The van der Waals surface area contributed by atoms with Crippen molar-refractivity contribution in [2.24, 2.45) is 0 Å². The van der Waals surface area contributed by atoms with Crippen LogP contribution in [0.15, 0.2) is 37.2 Å². The largest absolute Gasteiger partial charge is 0.369 e. The summed E-state index contributed by atoms with van der Waals surface area (Å²) in [5.41, 5.74) is 0.00690. The minimum atomic E-state index is -0.369. The molecule has 0 saturated carbocycles. The molecule has 2 fully saturated rings. The predicted octanol–water partition coefficient (Wildman–Crippen LogP) is 0.778. The Bertz CT molecular complexity index is 724. The van der Waals surface area contributed by atoms with Gasteiger partial charge in [-0.05, 0) is 12.8 Å². The number of anilines is 1. The lowest BCUT2D eigenvalue weighted by molar-refractivity contribution is -0.105. The van der Waals surface area contributed by atoms with Crippen molar-refractivity contribution in [1.82, 2.24) is 24.8 Å². The fourth-order valence-electron chi connectivity index (χ4n) is 3.58. The highest BCUT2D eigenvalue weighted by molar-refractivity contribution is 5.92. The van der Waals surface area contributed by atoms with Gasteiger partial charge in [-0.1, -0.05) is 0 Å². The number of hydrogen-bond donors (Lipinski definition) is 0. The Morgan fingerprint density at radius 2 is 1.88 bits per heavy atom. The zero-order valence-electron chi connectivity index (χ0n) is 13.9. The van der Waals surface area contributed by atoms with E-state index in [0.29, 0.717) is 31.9 Å². The summed E-state index contributed by atoms with van der Waals surface area (Å²) in [6.07, 6.45) is 11.7. The maximum absolute atomic E-state index is 12.7. The molecule has 8 heteroatoms. The van der Waals surface area contributed by atoms with Gasteiger partial charge in [-0.25, -0.2) is 9.97 Å². The minimum Gasteiger partial charge on any atom is -0.369 e. The fraction of sp³-hybridized carbons (Fsp3) is 0.471. The molecule has 0 unspecified atom stereocenters. The topological polar surface area (TPSA) is 84.3 Å². The second-order valence-corrected chi connectivity index (χ2v) is 6.44. The summed E-state index contributed by atoms with van der Waals surface area (Å²) >= 11 is 0. The molecule has 1 atom stereocenters. The van der Waals surface area contributed by atoms with Crippen LogP contribution in [0.2, 0.25) is 0 Å². The molecular weight excluding hydrogens is 320 g/mol. The molecule has 2 aromatic rings. The lowest BCUT2D eigenvalue weighted by Crippen LogP contribution is -2.61. The highest BCUT2D eigenvalue weighted by atomic mass is 16.5. The maximum atomic E-state index is 12.7. The maximum Gasteiger partial charge on any atom is 0.274 e. The van der Waals surface area contributed by atoms with Crippen LogP contribution in [-0.2, 0) is 4.74 Å². The van der Waals surface area contributed by atoms with Crippen LogP contribution in [0.25, 0.3) is 0 Å². The van der Waals surface area contributed by atoms with E-state index in [0.717, 1.165) is 25.2 Å². The Kier molecular flexibility index (Phi) is 4.27. The molecule has 1 amide bonds. The molecule has 4 heterocycles. The second-order valence-electron chi connectivity index (χ2n) is 6.44. The van der Waals surface area contributed by atoms with Crippen molar-refractivity contribution in [1.29, 1.82) is 0 Å². The third kappa shape index (κ3) is 3.30. The first-order valence-corrected chi connectivity index (χ1v) is 8.46. The zero-order valence-corrected chi connectivity index (χ0v) is 13.9. The van der Waals surface area contributed by atoms with Crippen LogP contribution in [0.5, 0.6) is 0 Å². The van der Waals surface area contributed by atoms with E-state index in [-0.39, 0.29) is 11.5 Å². The molecule has 0 aliphatic carbocycles. The van der Waals surface area contributed by atoms with Crippen LogP contribution < -0.4 is 4.90 Å². The van der Waals surface area contributed by atoms with Crippen LogP contribution in [0.3, 0.4) is 0 Å². The summed E-state index contributed by atoms with van der Waals surface area (Å²) in [5.74, 6) is 0.759. The quantitative estimate of drug-likeness (QED) is 0.798. The molecule has 0 aromatic carbocycles. The van der Waals surface area contributed by atoms with Gasteiger partial charge in [0.05, 0.1) is 32.1 Å². The molecule has 4 rings (SSSR count). The number of carbonyl (C=O) groups excluding carboxylic acids is 1. The van der Waals surface area contributed by atoms with Crippen molar-refractivity contribution >= 4 is 11.7 Å². The average Bonchev–Trinajstić information content (AvgIpc) is 2.69. The molecular formula is C17H20N6O2. The van der Waals surface area contributed by atoms with E-state index >= 15 is 0 Å². The smallest absolute Gasteiger partial charge is 0.274 e. The van der Waals surface area contributed by atoms with Crippen molar-refractivity contribution < 1.29 is 9.53 Å². The van der Waals surface area contributed by atoms with Gasteiger partial charge in [0.25, 0.3) is 5.91 Å². The van der Waals surface area contributed by atoms with Gasteiger partial charge < -0.3 is 14.5 Å². The number of amides is 1. The molecule has 130 valence electrons. The zero-order chi connectivity index (χ0) is 17.1. The number of hydrogen-bond acceptors (Lipinski definition) is 7. The van der Waals surface area contributed by atoms with Gasteiger partial charge in [0.2, 0.25) is 0 Å². The molecule has 2 saturated heterocycles. The molecule has 2 aromatic heterocycles. The minimum absolute atomic E-state index is 0.0904. The highest BCUT2D eigenvalue weighted by Crippen LogP contribution is 2.31. The Morgan fingerprint density at radius 1 is 1.04 bits per heavy atom. The summed E-state index contributed by atoms with van der Waals surface area (Å²) in [6.45, 7) is 3.28. The van der Waals surface area contributed by atoms with Crippen LogP contribution in [-0.4, -0.2) is 69.1 Å². The van der Waals surface area contributed by atoms with Gasteiger partial charge in [-0.2, -0.15) is 0 Å². The van der Waals surface area contributed by atoms with E-state index in [1.165, 1.54) is 6.20 Å². The van der Waals surface area contributed by atoms with Crippen molar-refractivity contribution in [3.8, 4) is 0 Å². The molecule has 0 radical (unpaired) electrons. The van der Waals surface area contributed by atoms with Crippen molar-refractivity contribution in [3.05, 3.63) is 42.9 Å². The number of ether oxygens (including phenoxy) is 1. The summed E-state index contributed by atoms with van der Waals surface area (Å²) in [4.78, 5) is 33.4. The highest BCUT2D eigenvalue weighted by Gasteiger charge is 2.42. The number of carbonyl (C=O) groups is 1. The standard InChI is InChI=1S/C17H20N6O2/c24-16(14-10-18-3-5-20-14)23-8-9-25-17(13-23)2-1-7-22(12-17)15-11-19-4-6-21-15/h3-6,10-11H,1-2,7-9,12-13H2/t17-/m0/s1. The van der Waals surface area contributed by atoms with Crippen molar-refractivity contribution in [3.63, 3.8) is 0 Å². The molecule has 0 N–H and O–H groups in total. The van der Waals surface area contributed by atoms with Crippen LogP contribution >= 0.6 is 0 Å². The Hall–Kier alpha value is -2.61. The molecule has 2 aliphatic rings. The number of aromatic nitrogens is 4. The van der Waals surface area contributed by atoms with Gasteiger partial charge in [0.1, 0.15) is 17.1 Å². The van der Waals surface area contributed by atoms with Gasteiger partial charge in [0, 0.05) is 37.9 Å². The molecule has 25 heavy (non-hydrogen) atoms. The van der Waals surface area contributed by atoms with Crippen LogP contribution in [0.4, 0.5) is 5.82 Å². The van der Waals surface area contributed by atoms with E-state index < -0.39 is 0 Å². The molecule has 2 aliphatic heterocycles. The number of piperidine rings is 1. The average molecular weight is 340 g/mol. The first kappa shape index (κ1) is 15.9. The van der Waals surface area contributed by atoms with Crippen molar-refractivity contribution in [2.75, 3.05) is 37.7 Å². The van der Waals surface area contributed by atoms with Gasteiger partial charge in [-0.3, -0.25) is 14.8 Å². The molecule has 0 bridgehead atoms. The summed E-state index contributed by atoms with van der Waals surface area (Å²) in [7, 11) is 0. The number of rotatable bonds is 2. The van der Waals surface area contributed by atoms with Gasteiger partial charge in [0.15, 0.2) is 0 Å². The Morgan fingerprint density at radius 3 is 2.64 bits per heavy atom. The lowest BCUT2D eigenvalue weighted by Gasteiger charge is -2.48. The molecule has 1 spiro atoms. The predicted molar refractivity (Wildman–Crippen MR) is 90.1 cm³/mol. The van der Waals surface area contributed by atoms with Crippen molar-refractivity contribution in [2.45, 2.75) is 18.4 Å². The normalized spacial score (nSPS) is 23.7. The van der Waals surface area contributed by atoms with Crippen LogP contribution in [0, 0.1) is 0 Å². The lowest BCUT2D eigenvalue weighted by atomic mass is 9.90. The summed E-state index contributed by atoms with van der Waals surface area (Å²) in [5, 5.41) is 0. The summed E-state index contributed by atoms with van der Waals surface area (Å²) < 4.78 is 6.15. The Labute approximate surface area is 145 Å². The van der Waals surface area contributed by atoms with Crippen LogP contribution in [0.1, 0.15) is 23.3 Å². The van der Waals surface area contributed by atoms with E-state index in [2.05, 4.69) is 24.8 Å². The fourth-order valence-corrected chi connectivity index (χ4v) is 3.58. The van der Waals surface area contributed by atoms with E-state index in [9.17, 15) is 4.79 Å². The SMILES string of the molecule is O=C(c1cnccn1)N1CCO[C@]2(CCCN(c3cnccn3)C2)C1. The monoisotopic (exact) mass is 340 g/mol. The Balaban J connectivity index is 1.51. The summed E-state index contributed by atoms with van der Waals surface area (Å²) in [6, 6.07) is 0. The van der Waals surface area contributed by atoms with Gasteiger partial charge in [-0.15, -0.1) is 0 Å². The second kappa shape index (κ2) is 6.72. The number of nitrogens with zero attached hydrogens (tertiary/aromatic N) is 6. The molecule has 8 nitrogen and oxygen atoms in total. The van der Waals surface area contributed by atoms with Gasteiger partial charge >= 0.3 is 0 Å². The number of morpholine rings is 1. The van der Waals surface area contributed by atoms with E-state index in [1.54, 1.807) is 31.0 Å². The first-order valence-electron chi connectivity index (χ1n) is 8.46. The first-order chi connectivity index (χ1) is 12.3.